The summed E-state index contributed by atoms with van der Waals surface area (Å²) in [7, 11) is 1.52. The molecule has 5 heteroatoms. The third kappa shape index (κ3) is 2.93. The van der Waals surface area contributed by atoms with Gasteiger partial charge in [-0.2, -0.15) is 0 Å². The van der Waals surface area contributed by atoms with Gasteiger partial charge in [0.15, 0.2) is 0 Å². The van der Waals surface area contributed by atoms with Crippen molar-refractivity contribution in [3.63, 3.8) is 0 Å². The fourth-order valence-corrected chi connectivity index (χ4v) is 2.21. The van der Waals surface area contributed by atoms with Crippen molar-refractivity contribution in [3.8, 4) is 0 Å². The summed E-state index contributed by atoms with van der Waals surface area (Å²) in [5, 5.41) is 2.67. The Morgan fingerprint density at radius 2 is 1.95 bits per heavy atom. The van der Waals surface area contributed by atoms with E-state index in [-0.39, 0.29) is 18.4 Å². The minimum atomic E-state index is -0.561. The number of hydrogen-bond donors (Lipinski definition) is 1. The fourth-order valence-electron chi connectivity index (χ4n) is 2.21. The van der Waals surface area contributed by atoms with Crippen molar-refractivity contribution in [2.24, 2.45) is 0 Å². The zero-order valence-corrected chi connectivity index (χ0v) is 11.1. The standard InChI is InChI=1S/C14H18N2O3/c1-10-14(18)16(8-11-6-4-3-5-7-11)12(9-19-2)13(17)15-10/h3-7,10,12H,8-9H2,1-2H3,(H,15,17)/t10-,12+/m0/s1. The van der Waals surface area contributed by atoms with Crippen molar-refractivity contribution in [3.05, 3.63) is 35.9 Å². The van der Waals surface area contributed by atoms with E-state index in [0.29, 0.717) is 6.54 Å². The summed E-state index contributed by atoms with van der Waals surface area (Å²) in [4.78, 5) is 25.8. The van der Waals surface area contributed by atoms with Crippen molar-refractivity contribution in [1.29, 1.82) is 0 Å². The van der Waals surface area contributed by atoms with Crippen molar-refractivity contribution in [1.82, 2.24) is 10.2 Å². The predicted molar refractivity (Wildman–Crippen MR) is 70.3 cm³/mol. The Balaban J connectivity index is 2.21. The van der Waals surface area contributed by atoms with Gasteiger partial charge < -0.3 is 15.0 Å². The Hall–Kier alpha value is -1.88. The lowest BCUT2D eigenvalue weighted by atomic mass is 10.1. The van der Waals surface area contributed by atoms with Gasteiger partial charge in [0.1, 0.15) is 12.1 Å². The van der Waals surface area contributed by atoms with E-state index >= 15 is 0 Å². The second-order valence-corrected chi connectivity index (χ2v) is 4.65. The molecule has 0 bridgehead atoms. The van der Waals surface area contributed by atoms with Gasteiger partial charge in [0.05, 0.1) is 6.61 Å². The SMILES string of the molecule is COC[C@@H]1C(=O)N[C@@H](C)C(=O)N1Cc1ccccc1. The van der Waals surface area contributed by atoms with Gasteiger partial charge in [0, 0.05) is 13.7 Å². The van der Waals surface area contributed by atoms with Gasteiger partial charge >= 0.3 is 0 Å². The van der Waals surface area contributed by atoms with Crippen LogP contribution in [0.25, 0.3) is 0 Å². The van der Waals surface area contributed by atoms with E-state index in [1.54, 1.807) is 11.8 Å². The first kappa shape index (κ1) is 13.5. The number of amides is 2. The number of ether oxygens (including phenoxy) is 1. The number of carbonyl (C=O) groups is 2. The molecular weight excluding hydrogens is 244 g/mol. The Kier molecular flexibility index (Phi) is 4.16. The van der Waals surface area contributed by atoms with Gasteiger partial charge in [-0.1, -0.05) is 30.3 Å². The van der Waals surface area contributed by atoms with Crippen LogP contribution in [0.3, 0.4) is 0 Å². The molecule has 5 nitrogen and oxygen atoms in total. The van der Waals surface area contributed by atoms with E-state index in [4.69, 9.17) is 4.74 Å². The molecule has 0 saturated carbocycles. The topological polar surface area (TPSA) is 58.6 Å². The van der Waals surface area contributed by atoms with Crippen LogP contribution in [-0.2, 0) is 20.9 Å². The molecule has 2 rings (SSSR count). The van der Waals surface area contributed by atoms with Gasteiger partial charge in [-0.05, 0) is 12.5 Å². The molecule has 1 N–H and O–H groups in total. The lowest BCUT2D eigenvalue weighted by molar-refractivity contribution is -0.151. The summed E-state index contributed by atoms with van der Waals surface area (Å²) in [6.45, 7) is 2.32. The summed E-state index contributed by atoms with van der Waals surface area (Å²) in [5.41, 5.74) is 0.999. The summed E-state index contributed by atoms with van der Waals surface area (Å²) >= 11 is 0. The third-order valence-electron chi connectivity index (χ3n) is 3.21. The number of methoxy groups -OCH3 is 1. The molecule has 19 heavy (non-hydrogen) atoms. The van der Waals surface area contributed by atoms with Crippen LogP contribution in [-0.4, -0.2) is 42.5 Å². The van der Waals surface area contributed by atoms with Crippen LogP contribution >= 0.6 is 0 Å². The van der Waals surface area contributed by atoms with E-state index in [1.807, 2.05) is 30.3 Å². The summed E-state index contributed by atoms with van der Waals surface area (Å²) < 4.78 is 5.05. The zero-order chi connectivity index (χ0) is 13.8. The van der Waals surface area contributed by atoms with E-state index < -0.39 is 12.1 Å². The first-order valence-electron chi connectivity index (χ1n) is 6.27. The predicted octanol–water partition coefficient (Wildman–Crippen LogP) is 0.548. The molecule has 1 aromatic carbocycles. The molecule has 1 fully saturated rings. The maximum atomic E-state index is 12.2. The van der Waals surface area contributed by atoms with Gasteiger partial charge in [0.25, 0.3) is 0 Å². The molecule has 2 atom stereocenters. The van der Waals surface area contributed by atoms with Crippen molar-refractivity contribution in [2.75, 3.05) is 13.7 Å². The number of hydrogen-bond acceptors (Lipinski definition) is 3. The number of nitrogens with one attached hydrogen (secondary N) is 1. The fraction of sp³-hybridized carbons (Fsp3) is 0.429. The van der Waals surface area contributed by atoms with Gasteiger partial charge in [0.2, 0.25) is 11.8 Å². The van der Waals surface area contributed by atoms with Crippen molar-refractivity contribution in [2.45, 2.75) is 25.6 Å². The number of piperazine rings is 1. The first-order chi connectivity index (χ1) is 9.13. The van der Waals surface area contributed by atoms with E-state index in [0.717, 1.165) is 5.56 Å². The molecule has 0 spiro atoms. The Morgan fingerprint density at radius 1 is 1.26 bits per heavy atom. The molecule has 1 aliphatic rings. The van der Waals surface area contributed by atoms with Gasteiger partial charge in [-0.3, -0.25) is 9.59 Å². The molecule has 0 aromatic heterocycles. The molecule has 0 unspecified atom stereocenters. The number of rotatable bonds is 4. The minimum Gasteiger partial charge on any atom is -0.382 e. The summed E-state index contributed by atoms with van der Waals surface area (Å²) in [5.74, 6) is -0.240. The average Bonchev–Trinajstić information content (AvgIpc) is 2.41. The summed E-state index contributed by atoms with van der Waals surface area (Å²) in [6.07, 6.45) is 0. The zero-order valence-electron chi connectivity index (χ0n) is 11.1. The maximum Gasteiger partial charge on any atom is 0.245 e. The van der Waals surface area contributed by atoms with E-state index in [9.17, 15) is 9.59 Å². The third-order valence-corrected chi connectivity index (χ3v) is 3.21. The van der Waals surface area contributed by atoms with Gasteiger partial charge in [-0.25, -0.2) is 0 Å². The Labute approximate surface area is 112 Å². The van der Waals surface area contributed by atoms with Crippen LogP contribution in [0.15, 0.2) is 30.3 Å². The maximum absolute atomic E-state index is 12.2. The molecule has 1 aromatic rings. The second kappa shape index (κ2) is 5.84. The highest BCUT2D eigenvalue weighted by Gasteiger charge is 2.38. The van der Waals surface area contributed by atoms with Crippen LogP contribution in [0, 0.1) is 0 Å². The van der Waals surface area contributed by atoms with Gasteiger partial charge in [-0.15, -0.1) is 0 Å². The molecule has 1 saturated heterocycles. The quantitative estimate of drug-likeness (QED) is 0.862. The molecule has 1 aliphatic heterocycles. The highest BCUT2D eigenvalue weighted by molar-refractivity contribution is 5.96. The molecular formula is C14H18N2O3. The molecule has 2 amide bonds. The van der Waals surface area contributed by atoms with E-state index in [1.165, 1.54) is 7.11 Å². The smallest absolute Gasteiger partial charge is 0.245 e. The Morgan fingerprint density at radius 3 is 2.58 bits per heavy atom. The molecule has 1 heterocycles. The second-order valence-electron chi connectivity index (χ2n) is 4.65. The van der Waals surface area contributed by atoms with Crippen LogP contribution in [0.5, 0.6) is 0 Å². The number of nitrogens with zero attached hydrogens (tertiary/aromatic N) is 1. The Bertz CT molecular complexity index is 461. The number of carbonyl (C=O) groups excluding carboxylic acids is 2. The summed E-state index contributed by atoms with van der Waals surface area (Å²) in [6, 6.07) is 8.58. The molecule has 102 valence electrons. The van der Waals surface area contributed by atoms with Crippen LogP contribution in [0.4, 0.5) is 0 Å². The minimum absolute atomic E-state index is 0.0782. The largest absolute Gasteiger partial charge is 0.382 e. The van der Waals surface area contributed by atoms with E-state index in [2.05, 4.69) is 5.32 Å². The lowest BCUT2D eigenvalue weighted by Crippen LogP contribution is -2.63. The van der Waals surface area contributed by atoms with Crippen molar-refractivity contribution < 1.29 is 14.3 Å². The normalized spacial score (nSPS) is 23.4. The van der Waals surface area contributed by atoms with Crippen molar-refractivity contribution >= 4 is 11.8 Å². The lowest BCUT2D eigenvalue weighted by Gasteiger charge is -2.37. The number of benzene rings is 1. The van der Waals surface area contributed by atoms with Crippen LogP contribution < -0.4 is 5.32 Å². The monoisotopic (exact) mass is 262 g/mol. The van der Waals surface area contributed by atoms with Crippen LogP contribution in [0.1, 0.15) is 12.5 Å². The average molecular weight is 262 g/mol. The van der Waals surface area contributed by atoms with Crippen LogP contribution in [0.2, 0.25) is 0 Å². The highest BCUT2D eigenvalue weighted by Crippen LogP contribution is 2.15. The molecule has 0 radical (unpaired) electrons. The first-order valence-corrected chi connectivity index (χ1v) is 6.27. The highest BCUT2D eigenvalue weighted by atomic mass is 16.5. The molecule has 0 aliphatic carbocycles.